The van der Waals surface area contributed by atoms with E-state index in [1.165, 1.54) is 0 Å². The summed E-state index contributed by atoms with van der Waals surface area (Å²) in [7, 11) is 0. The molecule has 0 bridgehead atoms. The van der Waals surface area contributed by atoms with Gasteiger partial charge in [-0.1, -0.05) is 18.2 Å². The lowest BCUT2D eigenvalue weighted by Gasteiger charge is -2.18. The van der Waals surface area contributed by atoms with E-state index in [4.69, 9.17) is 0 Å². The van der Waals surface area contributed by atoms with Crippen molar-refractivity contribution in [1.29, 1.82) is 0 Å². The van der Waals surface area contributed by atoms with Crippen molar-refractivity contribution in [2.24, 2.45) is 10.9 Å². The Labute approximate surface area is 98.6 Å². The van der Waals surface area contributed by atoms with Crippen LogP contribution in [-0.2, 0) is 4.79 Å². The Balaban J connectivity index is 2.31. The molecule has 1 fully saturated rings. The van der Waals surface area contributed by atoms with Gasteiger partial charge in [0.25, 0.3) is 0 Å². The minimum absolute atomic E-state index is 0.211. The number of aromatic hydroxyl groups is 1. The first kappa shape index (κ1) is 11.2. The fourth-order valence-electron chi connectivity index (χ4n) is 2.03. The number of phenolic OH excluding ortho intramolecular Hbond substituents is 1. The Kier molecular flexibility index (Phi) is 3.65. The highest BCUT2D eigenvalue weighted by Gasteiger charge is 2.28. The molecule has 2 rings (SSSR count). The molecule has 3 nitrogen and oxygen atoms in total. The molecule has 1 N–H and O–H groups in total. The average molecular weight is 235 g/mol. The zero-order chi connectivity index (χ0) is 11.4. The number of isocyanates is 1. The molecule has 0 aliphatic carbocycles. The van der Waals surface area contributed by atoms with Gasteiger partial charge in [0.1, 0.15) is 5.75 Å². The Morgan fingerprint density at radius 3 is 2.94 bits per heavy atom. The maximum atomic E-state index is 10.5. The van der Waals surface area contributed by atoms with Gasteiger partial charge in [-0.2, -0.15) is 16.8 Å². The van der Waals surface area contributed by atoms with Gasteiger partial charge in [-0.15, -0.1) is 0 Å². The molecule has 1 aromatic rings. The molecular weight excluding hydrogens is 222 g/mol. The van der Waals surface area contributed by atoms with Gasteiger partial charge in [-0.3, -0.25) is 0 Å². The molecule has 84 valence electrons. The molecule has 4 heteroatoms. The van der Waals surface area contributed by atoms with Crippen molar-refractivity contribution in [3.05, 3.63) is 29.8 Å². The average Bonchev–Trinajstić information content (AvgIpc) is 2.80. The first-order valence-electron chi connectivity index (χ1n) is 5.25. The quantitative estimate of drug-likeness (QED) is 0.647. The van der Waals surface area contributed by atoms with Crippen molar-refractivity contribution >= 4 is 17.8 Å². The van der Waals surface area contributed by atoms with Crippen molar-refractivity contribution in [2.75, 3.05) is 11.5 Å². The molecule has 0 amide bonds. The van der Waals surface area contributed by atoms with Gasteiger partial charge in [0.2, 0.25) is 6.08 Å². The van der Waals surface area contributed by atoms with E-state index in [2.05, 4.69) is 4.99 Å². The smallest absolute Gasteiger partial charge is 0.235 e. The van der Waals surface area contributed by atoms with Crippen LogP contribution in [0.2, 0.25) is 0 Å². The minimum atomic E-state index is -0.242. The zero-order valence-corrected chi connectivity index (χ0v) is 9.61. The molecule has 1 heterocycles. The standard InChI is InChI=1S/C12H13NO2S/c14-8-13-12(9-5-6-16-7-9)10-3-1-2-4-11(10)15/h1-4,9,12,15H,5-7H2. The molecule has 2 atom stereocenters. The van der Waals surface area contributed by atoms with Gasteiger partial charge in [0, 0.05) is 5.56 Å². The van der Waals surface area contributed by atoms with E-state index in [0.29, 0.717) is 5.92 Å². The van der Waals surface area contributed by atoms with E-state index in [0.717, 1.165) is 23.5 Å². The normalized spacial score (nSPS) is 21.4. The second-order valence-electron chi connectivity index (χ2n) is 3.85. The Morgan fingerprint density at radius 2 is 2.31 bits per heavy atom. The van der Waals surface area contributed by atoms with Gasteiger partial charge in [-0.25, -0.2) is 4.79 Å². The van der Waals surface area contributed by atoms with Crippen LogP contribution in [0.5, 0.6) is 5.75 Å². The number of thioether (sulfide) groups is 1. The van der Waals surface area contributed by atoms with Crippen molar-refractivity contribution in [1.82, 2.24) is 0 Å². The number of rotatable bonds is 3. The topological polar surface area (TPSA) is 49.7 Å². The molecule has 1 aliphatic rings. The third-order valence-electron chi connectivity index (χ3n) is 2.86. The maximum absolute atomic E-state index is 10.5. The monoisotopic (exact) mass is 235 g/mol. The van der Waals surface area contributed by atoms with Crippen molar-refractivity contribution in [2.45, 2.75) is 12.5 Å². The molecule has 0 saturated carbocycles. The number of hydrogen-bond donors (Lipinski definition) is 1. The molecular formula is C12H13NO2S. The minimum Gasteiger partial charge on any atom is -0.508 e. The number of phenols is 1. The summed E-state index contributed by atoms with van der Waals surface area (Å²) in [5, 5.41) is 9.77. The number of hydrogen-bond acceptors (Lipinski definition) is 4. The van der Waals surface area contributed by atoms with Crippen LogP contribution >= 0.6 is 11.8 Å². The maximum Gasteiger partial charge on any atom is 0.235 e. The summed E-state index contributed by atoms with van der Waals surface area (Å²) in [6.45, 7) is 0. The number of benzene rings is 1. The summed E-state index contributed by atoms with van der Waals surface area (Å²) in [4.78, 5) is 14.3. The molecule has 2 unspecified atom stereocenters. The second-order valence-corrected chi connectivity index (χ2v) is 5.00. The van der Waals surface area contributed by atoms with Crippen LogP contribution < -0.4 is 0 Å². The van der Waals surface area contributed by atoms with E-state index in [9.17, 15) is 9.90 Å². The highest BCUT2D eigenvalue weighted by molar-refractivity contribution is 7.99. The van der Waals surface area contributed by atoms with Gasteiger partial charge in [-0.05, 0) is 29.9 Å². The SMILES string of the molecule is O=C=NC(c1ccccc1O)C1CCSC1. The van der Waals surface area contributed by atoms with Crippen molar-refractivity contribution in [3.63, 3.8) is 0 Å². The lowest BCUT2D eigenvalue weighted by Crippen LogP contribution is -2.10. The fraction of sp³-hybridized carbons (Fsp3) is 0.417. The summed E-state index contributed by atoms with van der Waals surface area (Å²) in [5.41, 5.74) is 0.735. The number of aliphatic imine (C=N–C) groups is 1. The molecule has 0 radical (unpaired) electrons. The molecule has 0 spiro atoms. The largest absolute Gasteiger partial charge is 0.508 e. The lowest BCUT2D eigenvalue weighted by atomic mass is 9.92. The van der Waals surface area contributed by atoms with E-state index in [1.807, 2.05) is 23.9 Å². The van der Waals surface area contributed by atoms with E-state index in [-0.39, 0.29) is 11.8 Å². The summed E-state index contributed by atoms with van der Waals surface area (Å²) in [6.07, 6.45) is 2.66. The van der Waals surface area contributed by atoms with Gasteiger partial charge < -0.3 is 5.11 Å². The Morgan fingerprint density at radius 1 is 1.50 bits per heavy atom. The highest BCUT2D eigenvalue weighted by atomic mass is 32.2. The van der Waals surface area contributed by atoms with Crippen LogP contribution in [0.3, 0.4) is 0 Å². The fourth-order valence-corrected chi connectivity index (χ4v) is 3.31. The van der Waals surface area contributed by atoms with Crippen molar-refractivity contribution in [3.8, 4) is 5.75 Å². The third kappa shape index (κ3) is 2.29. The predicted octanol–water partition coefficient (Wildman–Crippen LogP) is 2.52. The van der Waals surface area contributed by atoms with Gasteiger partial charge in [0.15, 0.2) is 0 Å². The number of nitrogens with zero attached hydrogens (tertiary/aromatic N) is 1. The number of carbonyl (C=O) groups excluding carboxylic acids is 1. The Bertz CT molecular complexity index is 409. The zero-order valence-electron chi connectivity index (χ0n) is 8.80. The van der Waals surface area contributed by atoms with Crippen LogP contribution in [0.15, 0.2) is 29.3 Å². The van der Waals surface area contributed by atoms with Crippen molar-refractivity contribution < 1.29 is 9.90 Å². The molecule has 1 aliphatic heterocycles. The third-order valence-corrected chi connectivity index (χ3v) is 4.05. The van der Waals surface area contributed by atoms with E-state index < -0.39 is 0 Å². The van der Waals surface area contributed by atoms with Gasteiger partial charge in [0.05, 0.1) is 6.04 Å². The Hall–Kier alpha value is -1.25. The predicted molar refractivity (Wildman–Crippen MR) is 64.4 cm³/mol. The van der Waals surface area contributed by atoms with Crippen LogP contribution in [0, 0.1) is 5.92 Å². The summed E-state index contributed by atoms with van der Waals surface area (Å²) in [6, 6.07) is 6.83. The van der Waals surface area contributed by atoms with Gasteiger partial charge >= 0.3 is 0 Å². The van der Waals surface area contributed by atoms with Crippen LogP contribution in [0.1, 0.15) is 18.0 Å². The first-order valence-corrected chi connectivity index (χ1v) is 6.41. The van der Waals surface area contributed by atoms with Crippen LogP contribution in [-0.4, -0.2) is 22.7 Å². The first-order chi connectivity index (χ1) is 7.83. The summed E-state index contributed by atoms with van der Waals surface area (Å²) < 4.78 is 0. The summed E-state index contributed by atoms with van der Waals surface area (Å²) >= 11 is 1.87. The number of para-hydroxylation sites is 1. The van der Waals surface area contributed by atoms with E-state index >= 15 is 0 Å². The van der Waals surface area contributed by atoms with Crippen LogP contribution in [0.25, 0.3) is 0 Å². The lowest BCUT2D eigenvalue weighted by molar-refractivity contribution is 0.429. The molecule has 0 aromatic heterocycles. The molecule has 1 aromatic carbocycles. The van der Waals surface area contributed by atoms with Crippen LogP contribution in [0.4, 0.5) is 0 Å². The summed E-state index contributed by atoms with van der Waals surface area (Å²) in [5.74, 6) is 2.64. The molecule has 1 saturated heterocycles. The van der Waals surface area contributed by atoms with E-state index in [1.54, 1.807) is 18.2 Å². The molecule has 16 heavy (non-hydrogen) atoms. The second kappa shape index (κ2) is 5.19. The highest BCUT2D eigenvalue weighted by Crippen LogP contribution is 2.39.